The van der Waals surface area contributed by atoms with E-state index in [0.29, 0.717) is 19.4 Å². The molecule has 1 aliphatic rings. The minimum atomic E-state index is -0.915. The fourth-order valence-corrected chi connectivity index (χ4v) is 2.40. The molecule has 0 radical (unpaired) electrons. The molecule has 108 valence electrons. The number of carboxylic acids is 1. The number of carboxylic acid groups (broad SMARTS) is 1. The molecule has 1 aliphatic carbocycles. The number of rotatable bonds is 7. The van der Waals surface area contributed by atoms with Crippen LogP contribution in [-0.4, -0.2) is 46.7 Å². The number of allylic oxidation sites excluding steroid dienone is 2. The number of hydrogen-bond donors (Lipinski definition) is 2. The van der Waals surface area contributed by atoms with Crippen molar-refractivity contribution in [3.8, 4) is 0 Å². The number of aliphatic carboxylic acids is 1. The van der Waals surface area contributed by atoms with Crippen LogP contribution in [0, 0.1) is 11.8 Å². The first-order valence-corrected chi connectivity index (χ1v) is 6.89. The van der Waals surface area contributed by atoms with Crippen LogP contribution in [0.2, 0.25) is 0 Å². The average molecular weight is 269 g/mol. The Balaban J connectivity index is 2.75. The Labute approximate surface area is 113 Å². The molecule has 0 fully saturated rings. The zero-order chi connectivity index (χ0) is 14.3. The summed E-state index contributed by atoms with van der Waals surface area (Å²) in [7, 11) is 0. The predicted octanol–water partition coefficient (Wildman–Crippen LogP) is 1.27. The number of aliphatic hydroxyl groups is 1. The second-order valence-corrected chi connectivity index (χ2v) is 4.90. The summed E-state index contributed by atoms with van der Waals surface area (Å²) >= 11 is 0. The van der Waals surface area contributed by atoms with Gasteiger partial charge in [0.1, 0.15) is 0 Å². The fourth-order valence-electron chi connectivity index (χ4n) is 2.40. The highest BCUT2D eigenvalue weighted by atomic mass is 16.4. The summed E-state index contributed by atoms with van der Waals surface area (Å²) in [5, 5.41) is 18.2. The number of carbonyl (C=O) groups is 2. The van der Waals surface area contributed by atoms with E-state index in [9.17, 15) is 14.7 Å². The molecule has 5 nitrogen and oxygen atoms in total. The minimum absolute atomic E-state index is 0.0875. The monoisotopic (exact) mass is 269 g/mol. The number of amides is 1. The molecule has 0 aromatic heterocycles. The molecule has 0 aromatic rings. The molecule has 19 heavy (non-hydrogen) atoms. The van der Waals surface area contributed by atoms with Gasteiger partial charge in [-0.3, -0.25) is 9.59 Å². The summed E-state index contributed by atoms with van der Waals surface area (Å²) in [5.41, 5.74) is 0. The lowest BCUT2D eigenvalue weighted by atomic mass is 9.82. The summed E-state index contributed by atoms with van der Waals surface area (Å²) in [6.45, 7) is 2.81. The van der Waals surface area contributed by atoms with Crippen LogP contribution >= 0.6 is 0 Å². The van der Waals surface area contributed by atoms with Crippen LogP contribution in [0.15, 0.2) is 12.2 Å². The van der Waals surface area contributed by atoms with Crippen molar-refractivity contribution in [2.24, 2.45) is 11.8 Å². The average Bonchev–Trinajstić information content (AvgIpc) is 2.42. The molecule has 0 spiro atoms. The summed E-state index contributed by atoms with van der Waals surface area (Å²) in [4.78, 5) is 25.2. The third-order valence-corrected chi connectivity index (χ3v) is 3.53. The van der Waals surface area contributed by atoms with Gasteiger partial charge in [-0.15, -0.1) is 0 Å². The second kappa shape index (κ2) is 7.94. The zero-order valence-electron chi connectivity index (χ0n) is 11.4. The molecular weight excluding hydrogens is 246 g/mol. The van der Waals surface area contributed by atoms with E-state index < -0.39 is 17.8 Å². The van der Waals surface area contributed by atoms with E-state index in [4.69, 9.17) is 5.11 Å². The summed E-state index contributed by atoms with van der Waals surface area (Å²) in [5.74, 6) is -2.19. The molecule has 5 heteroatoms. The maximum absolute atomic E-state index is 12.4. The van der Waals surface area contributed by atoms with Gasteiger partial charge in [-0.05, 0) is 19.3 Å². The standard InChI is InChI=1S/C14H23NO4/c1-2-3-8-15(9-10-16)13(17)11-6-4-5-7-12(11)14(18)19/h4-5,11-12,16H,2-3,6-10H2,1H3,(H,18,19). The Morgan fingerprint density at radius 3 is 2.37 bits per heavy atom. The number of aliphatic hydroxyl groups excluding tert-OH is 1. The molecule has 0 saturated heterocycles. The van der Waals surface area contributed by atoms with Crippen LogP contribution in [-0.2, 0) is 9.59 Å². The Kier molecular flexibility index (Phi) is 6.56. The smallest absolute Gasteiger partial charge is 0.307 e. The third-order valence-electron chi connectivity index (χ3n) is 3.53. The normalized spacial score (nSPS) is 22.2. The maximum atomic E-state index is 12.4. The SMILES string of the molecule is CCCCN(CCO)C(=O)C1CC=CCC1C(=O)O. The molecule has 0 saturated carbocycles. The van der Waals surface area contributed by atoms with Crippen LogP contribution in [0.1, 0.15) is 32.6 Å². The first-order chi connectivity index (χ1) is 9.11. The third kappa shape index (κ3) is 4.35. The van der Waals surface area contributed by atoms with Crippen LogP contribution < -0.4 is 0 Å². The second-order valence-electron chi connectivity index (χ2n) is 4.90. The Hall–Kier alpha value is -1.36. The topological polar surface area (TPSA) is 77.8 Å². The van der Waals surface area contributed by atoms with E-state index >= 15 is 0 Å². The van der Waals surface area contributed by atoms with Crippen molar-refractivity contribution >= 4 is 11.9 Å². The van der Waals surface area contributed by atoms with Crippen molar-refractivity contribution in [2.45, 2.75) is 32.6 Å². The number of hydrogen-bond acceptors (Lipinski definition) is 3. The van der Waals surface area contributed by atoms with E-state index in [1.54, 1.807) is 4.90 Å². The van der Waals surface area contributed by atoms with Gasteiger partial charge in [0, 0.05) is 13.1 Å². The molecule has 1 rings (SSSR count). The van der Waals surface area contributed by atoms with Crippen LogP contribution in [0.25, 0.3) is 0 Å². The fraction of sp³-hybridized carbons (Fsp3) is 0.714. The van der Waals surface area contributed by atoms with Crippen molar-refractivity contribution in [3.05, 3.63) is 12.2 Å². The lowest BCUT2D eigenvalue weighted by molar-refractivity contribution is -0.150. The van der Waals surface area contributed by atoms with Gasteiger partial charge in [-0.1, -0.05) is 25.5 Å². The molecule has 0 bridgehead atoms. The van der Waals surface area contributed by atoms with Gasteiger partial charge in [0.2, 0.25) is 5.91 Å². The number of carbonyl (C=O) groups excluding carboxylic acids is 1. The van der Waals surface area contributed by atoms with Crippen molar-refractivity contribution < 1.29 is 19.8 Å². The quantitative estimate of drug-likeness (QED) is 0.682. The molecule has 0 aliphatic heterocycles. The number of unbranched alkanes of at least 4 members (excludes halogenated alkanes) is 1. The lowest BCUT2D eigenvalue weighted by Gasteiger charge is -2.30. The van der Waals surface area contributed by atoms with Gasteiger partial charge in [0.05, 0.1) is 18.4 Å². The highest BCUT2D eigenvalue weighted by molar-refractivity contribution is 5.85. The highest BCUT2D eigenvalue weighted by Gasteiger charge is 2.35. The van der Waals surface area contributed by atoms with Gasteiger partial charge in [-0.25, -0.2) is 0 Å². The van der Waals surface area contributed by atoms with Crippen LogP contribution in [0.3, 0.4) is 0 Å². The van der Waals surface area contributed by atoms with E-state index in [2.05, 4.69) is 0 Å². The van der Waals surface area contributed by atoms with Gasteiger partial charge in [-0.2, -0.15) is 0 Å². The molecule has 1 amide bonds. The van der Waals surface area contributed by atoms with E-state index in [0.717, 1.165) is 12.8 Å². The summed E-state index contributed by atoms with van der Waals surface area (Å²) in [6.07, 6.45) is 6.41. The molecule has 2 N–H and O–H groups in total. The minimum Gasteiger partial charge on any atom is -0.481 e. The summed E-state index contributed by atoms with van der Waals surface area (Å²) < 4.78 is 0. The first kappa shape index (κ1) is 15.7. The Bertz CT molecular complexity index is 340. The van der Waals surface area contributed by atoms with E-state index in [1.807, 2.05) is 19.1 Å². The Morgan fingerprint density at radius 1 is 1.21 bits per heavy atom. The zero-order valence-corrected chi connectivity index (χ0v) is 11.4. The van der Waals surface area contributed by atoms with Crippen molar-refractivity contribution in [3.63, 3.8) is 0 Å². The van der Waals surface area contributed by atoms with E-state index in [-0.39, 0.29) is 19.1 Å². The van der Waals surface area contributed by atoms with Crippen molar-refractivity contribution in [1.29, 1.82) is 0 Å². The Morgan fingerprint density at radius 2 is 1.84 bits per heavy atom. The molecule has 2 unspecified atom stereocenters. The molecule has 2 atom stereocenters. The van der Waals surface area contributed by atoms with Crippen molar-refractivity contribution in [1.82, 2.24) is 4.90 Å². The predicted molar refractivity (Wildman–Crippen MR) is 71.6 cm³/mol. The molecular formula is C14H23NO4. The molecule has 0 heterocycles. The first-order valence-electron chi connectivity index (χ1n) is 6.89. The van der Waals surface area contributed by atoms with Crippen LogP contribution in [0.4, 0.5) is 0 Å². The van der Waals surface area contributed by atoms with E-state index in [1.165, 1.54) is 0 Å². The number of nitrogens with zero attached hydrogens (tertiary/aromatic N) is 1. The van der Waals surface area contributed by atoms with Gasteiger partial charge >= 0.3 is 5.97 Å². The molecule has 0 aromatic carbocycles. The lowest BCUT2D eigenvalue weighted by Crippen LogP contribution is -2.43. The maximum Gasteiger partial charge on any atom is 0.307 e. The van der Waals surface area contributed by atoms with Crippen molar-refractivity contribution in [2.75, 3.05) is 19.7 Å². The highest BCUT2D eigenvalue weighted by Crippen LogP contribution is 2.27. The largest absolute Gasteiger partial charge is 0.481 e. The summed E-state index contributed by atoms with van der Waals surface area (Å²) in [6, 6.07) is 0. The van der Waals surface area contributed by atoms with Gasteiger partial charge in [0.15, 0.2) is 0 Å². The van der Waals surface area contributed by atoms with Gasteiger partial charge < -0.3 is 15.1 Å². The van der Waals surface area contributed by atoms with Crippen LogP contribution in [0.5, 0.6) is 0 Å². The van der Waals surface area contributed by atoms with Gasteiger partial charge in [0.25, 0.3) is 0 Å².